The largest absolute Gasteiger partial charge is 0.493 e. The number of methoxy groups -OCH3 is 1. The molecule has 1 N–H and O–H groups in total. The molecule has 1 aromatic carbocycles. The second-order valence-electron chi connectivity index (χ2n) is 6.25. The van der Waals surface area contributed by atoms with Crippen LogP contribution in [0.5, 0.6) is 11.5 Å². The fourth-order valence-electron chi connectivity index (χ4n) is 2.78. The summed E-state index contributed by atoms with van der Waals surface area (Å²) < 4.78 is 11.7. The van der Waals surface area contributed by atoms with Gasteiger partial charge in [-0.1, -0.05) is 32.8 Å². The van der Waals surface area contributed by atoms with Gasteiger partial charge < -0.3 is 14.8 Å². The lowest BCUT2D eigenvalue weighted by Crippen LogP contribution is -2.22. The lowest BCUT2D eigenvalue weighted by atomic mass is 10.1. The third-order valence-electron chi connectivity index (χ3n) is 4.04. The van der Waals surface area contributed by atoms with E-state index >= 15 is 0 Å². The summed E-state index contributed by atoms with van der Waals surface area (Å²) in [7, 11) is 1.71. The molecule has 3 heteroatoms. The average molecular weight is 291 g/mol. The van der Waals surface area contributed by atoms with Gasteiger partial charge in [0.25, 0.3) is 0 Å². The Kier molecular flexibility index (Phi) is 6.37. The molecule has 0 amide bonds. The van der Waals surface area contributed by atoms with Crippen molar-refractivity contribution in [1.82, 2.24) is 5.32 Å². The van der Waals surface area contributed by atoms with E-state index in [0.717, 1.165) is 30.9 Å². The minimum atomic E-state index is 0.342. The zero-order chi connectivity index (χ0) is 15.1. The van der Waals surface area contributed by atoms with Crippen LogP contribution in [0, 0.1) is 0 Å². The molecule has 0 spiro atoms. The molecule has 1 aliphatic rings. The molecule has 1 aromatic rings. The molecule has 21 heavy (non-hydrogen) atoms. The quantitative estimate of drug-likeness (QED) is 0.793. The maximum atomic E-state index is 6.25. The summed E-state index contributed by atoms with van der Waals surface area (Å²) >= 11 is 0. The van der Waals surface area contributed by atoms with E-state index in [1.54, 1.807) is 7.11 Å². The van der Waals surface area contributed by atoms with Gasteiger partial charge >= 0.3 is 0 Å². The van der Waals surface area contributed by atoms with Crippen LogP contribution in [-0.2, 0) is 6.54 Å². The summed E-state index contributed by atoms with van der Waals surface area (Å²) in [6.45, 7) is 5.18. The van der Waals surface area contributed by atoms with E-state index in [1.807, 2.05) is 6.07 Å². The smallest absolute Gasteiger partial charge is 0.161 e. The van der Waals surface area contributed by atoms with Crippen LogP contribution in [0.15, 0.2) is 18.2 Å². The Morgan fingerprint density at radius 1 is 1.10 bits per heavy atom. The molecular weight excluding hydrogens is 262 g/mol. The van der Waals surface area contributed by atoms with Crippen LogP contribution in [0.2, 0.25) is 0 Å². The van der Waals surface area contributed by atoms with Gasteiger partial charge in [-0.15, -0.1) is 0 Å². The second-order valence-corrected chi connectivity index (χ2v) is 6.25. The molecule has 1 saturated carbocycles. The number of hydrogen-bond donors (Lipinski definition) is 1. The summed E-state index contributed by atoms with van der Waals surface area (Å²) in [4.78, 5) is 0. The Balaban J connectivity index is 2.05. The molecule has 0 heterocycles. The van der Waals surface area contributed by atoms with E-state index in [-0.39, 0.29) is 0 Å². The van der Waals surface area contributed by atoms with Crippen molar-refractivity contribution in [3.63, 3.8) is 0 Å². The van der Waals surface area contributed by atoms with Crippen molar-refractivity contribution in [2.75, 3.05) is 7.11 Å². The van der Waals surface area contributed by atoms with E-state index < -0.39 is 0 Å². The molecule has 0 aromatic heterocycles. The van der Waals surface area contributed by atoms with Gasteiger partial charge in [0.05, 0.1) is 13.2 Å². The van der Waals surface area contributed by atoms with Crippen molar-refractivity contribution in [3.05, 3.63) is 23.8 Å². The van der Waals surface area contributed by atoms with Crippen LogP contribution in [0.4, 0.5) is 0 Å². The van der Waals surface area contributed by atoms with E-state index in [1.165, 1.54) is 31.2 Å². The van der Waals surface area contributed by atoms with Crippen LogP contribution >= 0.6 is 0 Å². The number of ether oxygens (including phenoxy) is 2. The van der Waals surface area contributed by atoms with Gasteiger partial charge in [0.2, 0.25) is 0 Å². The first-order chi connectivity index (χ1) is 10.2. The van der Waals surface area contributed by atoms with Crippen LogP contribution in [-0.4, -0.2) is 19.3 Å². The Hall–Kier alpha value is -1.22. The molecular formula is C18H29NO2. The summed E-state index contributed by atoms with van der Waals surface area (Å²) in [5, 5.41) is 3.44. The van der Waals surface area contributed by atoms with Crippen molar-refractivity contribution in [2.45, 2.75) is 71.1 Å². The van der Waals surface area contributed by atoms with Crippen molar-refractivity contribution >= 4 is 0 Å². The lowest BCUT2D eigenvalue weighted by molar-refractivity contribution is 0.176. The average Bonchev–Trinajstić information content (AvgIpc) is 2.74. The van der Waals surface area contributed by atoms with Crippen molar-refractivity contribution < 1.29 is 9.47 Å². The van der Waals surface area contributed by atoms with E-state index in [0.29, 0.717) is 12.1 Å². The third kappa shape index (κ3) is 5.24. The number of hydrogen-bond acceptors (Lipinski definition) is 3. The Labute approximate surface area is 129 Å². The maximum Gasteiger partial charge on any atom is 0.161 e. The molecule has 0 unspecified atom stereocenters. The molecule has 0 atom stereocenters. The zero-order valence-electron chi connectivity index (χ0n) is 13.7. The molecule has 0 radical (unpaired) electrons. The normalized spacial score (nSPS) is 16.8. The molecule has 1 fully saturated rings. The van der Waals surface area contributed by atoms with Crippen LogP contribution < -0.4 is 14.8 Å². The lowest BCUT2D eigenvalue weighted by Gasteiger charge is -2.20. The van der Waals surface area contributed by atoms with Crippen molar-refractivity contribution in [2.24, 2.45) is 0 Å². The molecule has 3 nitrogen and oxygen atoms in total. The van der Waals surface area contributed by atoms with Gasteiger partial charge in [0, 0.05) is 12.6 Å². The molecule has 118 valence electrons. The van der Waals surface area contributed by atoms with Crippen molar-refractivity contribution in [3.8, 4) is 11.5 Å². The standard InChI is InChI=1S/C18H29NO2/c1-14(2)19-13-15-10-11-17(20-3)18(12-15)21-16-8-6-4-5-7-9-16/h10-12,14,16,19H,4-9,13H2,1-3H3. The first-order valence-electron chi connectivity index (χ1n) is 8.26. The summed E-state index contributed by atoms with van der Waals surface area (Å²) in [6, 6.07) is 6.73. The Morgan fingerprint density at radius 2 is 1.81 bits per heavy atom. The monoisotopic (exact) mass is 291 g/mol. The molecule has 2 rings (SSSR count). The fraction of sp³-hybridized carbons (Fsp3) is 0.667. The third-order valence-corrected chi connectivity index (χ3v) is 4.04. The van der Waals surface area contributed by atoms with Gasteiger partial charge in [-0.3, -0.25) is 0 Å². The van der Waals surface area contributed by atoms with Gasteiger partial charge in [-0.2, -0.15) is 0 Å². The van der Waals surface area contributed by atoms with E-state index in [2.05, 4.69) is 31.3 Å². The van der Waals surface area contributed by atoms with Gasteiger partial charge in [0.15, 0.2) is 11.5 Å². The Morgan fingerprint density at radius 3 is 2.43 bits per heavy atom. The summed E-state index contributed by atoms with van der Waals surface area (Å²) in [6.07, 6.45) is 7.91. The fourth-order valence-corrected chi connectivity index (χ4v) is 2.78. The molecule has 0 saturated heterocycles. The first-order valence-corrected chi connectivity index (χ1v) is 8.26. The minimum Gasteiger partial charge on any atom is -0.493 e. The van der Waals surface area contributed by atoms with Gasteiger partial charge in [0.1, 0.15) is 0 Å². The first kappa shape index (κ1) is 16.2. The molecule has 1 aliphatic carbocycles. The van der Waals surface area contributed by atoms with Gasteiger partial charge in [-0.05, 0) is 43.4 Å². The van der Waals surface area contributed by atoms with Crippen molar-refractivity contribution in [1.29, 1.82) is 0 Å². The second kappa shape index (κ2) is 8.28. The predicted octanol–water partition coefficient (Wildman–Crippen LogP) is 4.29. The highest BCUT2D eigenvalue weighted by Gasteiger charge is 2.16. The number of rotatable bonds is 6. The predicted molar refractivity (Wildman–Crippen MR) is 87.1 cm³/mol. The van der Waals surface area contributed by atoms with Crippen LogP contribution in [0.25, 0.3) is 0 Å². The highest BCUT2D eigenvalue weighted by molar-refractivity contribution is 5.43. The maximum absolute atomic E-state index is 6.25. The van der Waals surface area contributed by atoms with Gasteiger partial charge in [-0.25, -0.2) is 0 Å². The zero-order valence-corrected chi connectivity index (χ0v) is 13.7. The van der Waals surface area contributed by atoms with Crippen LogP contribution in [0.3, 0.4) is 0 Å². The van der Waals surface area contributed by atoms with Crippen LogP contribution in [0.1, 0.15) is 57.9 Å². The summed E-state index contributed by atoms with van der Waals surface area (Å²) in [5.74, 6) is 1.74. The number of benzene rings is 1. The highest BCUT2D eigenvalue weighted by atomic mass is 16.5. The summed E-state index contributed by atoms with van der Waals surface area (Å²) in [5.41, 5.74) is 1.24. The SMILES string of the molecule is COc1ccc(CNC(C)C)cc1OC1CCCCCC1. The Bertz CT molecular complexity index is 423. The number of nitrogens with one attached hydrogen (secondary N) is 1. The topological polar surface area (TPSA) is 30.5 Å². The van der Waals surface area contributed by atoms with E-state index in [4.69, 9.17) is 9.47 Å². The molecule has 0 bridgehead atoms. The molecule has 0 aliphatic heterocycles. The highest BCUT2D eigenvalue weighted by Crippen LogP contribution is 2.31. The minimum absolute atomic E-state index is 0.342. The van der Waals surface area contributed by atoms with E-state index in [9.17, 15) is 0 Å².